The van der Waals surface area contributed by atoms with E-state index in [1.807, 2.05) is 0 Å². The van der Waals surface area contributed by atoms with Crippen LogP contribution in [-0.2, 0) is 11.3 Å². The maximum Gasteiger partial charge on any atom is 0.246 e. The lowest BCUT2D eigenvalue weighted by Gasteiger charge is -2.09. The largest absolute Gasteiger partial charge is 0.396 e. The maximum atomic E-state index is 13.2. The highest BCUT2D eigenvalue weighted by molar-refractivity contribution is 5.91. The van der Waals surface area contributed by atoms with Crippen LogP contribution in [-0.4, -0.2) is 15.7 Å². The average molecular weight is 276 g/mol. The van der Waals surface area contributed by atoms with Crippen molar-refractivity contribution < 1.29 is 9.18 Å². The fourth-order valence-electron chi connectivity index (χ4n) is 1.92. The number of halogens is 1. The van der Waals surface area contributed by atoms with Crippen LogP contribution in [0.1, 0.15) is 17.0 Å². The van der Waals surface area contributed by atoms with Gasteiger partial charge in [-0.2, -0.15) is 5.10 Å². The lowest BCUT2D eigenvalue weighted by Crippen LogP contribution is -2.21. The topological polar surface area (TPSA) is 72.9 Å². The molecule has 0 fully saturated rings. The van der Waals surface area contributed by atoms with Gasteiger partial charge < -0.3 is 11.1 Å². The molecule has 0 radical (unpaired) electrons. The maximum absolute atomic E-state index is 13.2. The van der Waals surface area contributed by atoms with Crippen molar-refractivity contribution in [3.05, 3.63) is 41.0 Å². The number of aromatic nitrogens is 2. The fourth-order valence-corrected chi connectivity index (χ4v) is 1.92. The number of carbonyl (C=O) groups excluding carboxylic acids is 1. The van der Waals surface area contributed by atoms with Gasteiger partial charge in [-0.1, -0.05) is 6.07 Å². The van der Waals surface area contributed by atoms with Crippen LogP contribution in [0.25, 0.3) is 0 Å². The summed E-state index contributed by atoms with van der Waals surface area (Å²) in [6, 6.07) is 4.27. The van der Waals surface area contributed by atoms with Crippen LogP contribution in [0, 0.1) is 26.6 Å². The molecule has 0 unspecified atom stereocenters. The van der Waals surface area contributed by atoms with Crippen LogP contribution in [0.3, 0.4) is 0 Å². The van der Waals surface area contributed by atoms with E-state index in [0.717, 1.165) is 11.3 Å². The Labute approximate surface area is 116 Å². The first kappa shape index (κ1) is 14.0. The summed E-state index contributed by atoms with van der Waals surface area (Å²) in [6.07, 6.45) is 0. The van der Waals surface area contributed by atoms with Gasteiger partial charge in [0.2, 0.25) is 5.91 Å². The number of nitrogens with one attached hydrogen (secondary N) is 1. The molecule has 3 N–H and O–H groups in total. The van der Waals surface area contributed by atoms with E-state index in [0.29, 0.717) is 17.1 Å². The minimum Gasteiger partial charge on any atom is -0.396 e. The van der Waals surface area contributed by atoms with Crippen LogP contribution in [0.15, 0.2) is 18.2 Å². The normalized spacial score (nSPS) is 10.6. The van der Waals surface area contributed by atoms with Crippen molar-refractivity contribution in [2.75, 3.05) is 11.1 Å². The van der Waals surface area contributed by atoms with E-state index in [1.165, 1.54) is 16.8 Å². The first-order valence-corrected chi connectivity index (χ1v) is 6.24. The highest BCUT2D eigenvalue weighted by Gasteiger charge is 2.12. The summed E-state index contributed by atoms with van der Waals surface area (Å²) in [7, 11) is 0. The van der Waals surface area contributed by atoms with E-state index < -0.39 is 0 Å². The van der Waals surface area contributed by atoms with Crippen LogP contribution in [0.4, 0.5) is 15.8 Å². The van der Waals surface area contributed by atoms with Crippen molar-refractivity contribution in [3.63, 3.8) is 0 Å². The zero-order valence-electron chi connectivity index (χ0n) is 11.7. The molecule has 20 heavy (non-hydrogen) atoms. The highest BCUT2D eigenvalue weighted by atomic mass is 19.1. The minimum atomic E-state index is -0.388. The van der Waals surface area contributed by atoms with Gasteiger partial charge in [0, 0.05) is 5.69 Å². The molecule has 106 valence electrons. The second kappa shape index (κ2) is 5.32. The SMILES string of the molecule is Cc1ccc(F)cc1NC(=O)Cn1nc(C)c(N)c1C. The third kappa shape index (κ3) is 2.79. The van der Waals surface area contributed by atoms with Crippen LogP contribution < -0.4 is 11.1 Å². The lowest BCUT2D eigenvalue weighted by atomic mass is 10.2. The summed E-state index contributed by atoms with van der Waals surface area (Å²) >= 11 is 0. The Morgan fingerprint density at radius 1 is 1.40 bits per heavy atom. The third-order valence-corrected chi connectivity index (χ3v) is 3.20. The summed E-state index contributed by atoms with van der Waals surface area (Å²) < 4.78 is 14.7. The molecule has 1 aromatic carbocycles. The monoisotopic (exact) mass is 276 g/mol. The van der Waals surface area contributed by atoms with E-state index in [1.54, 1.807) is 26.8 Å². The summed E-state index contributed by atoms with van der Waals surface area (Å²) in [5, 5.41) is 6.86. The van der Waals surface area contributed by atoms with E-state index in [4.69, 9.17) is 5.73 Å². The van der Waals surface area contributed by atoms with E-state index in [-0.39, 0.29) is 18.3 Å². The summed E-state index contributed by atoms with van der Waals surface area (Å²) in [5.74, 6) is -0.662. The predicted molar refractivity (Wildman–Crippen MR) is 75.9 cm³/mol. The molecule has 0 saturated heterocycles. The van der Waals surface area contributed by atoms with Gasteiger partial charge in [-0.3, -0.25) is 9.48 Å². The molecule has 0 spiro atoms. The number of amides is 1. The molecular formula is C14H17FN4O. The zero-order valence-corrected chi connectivity index (χ0v) is 11.7. The van der Waals surface area contributed by atoms with Crippen molar-refractivity contribution >= 4 is 17.3 Å². The molecular weight excluding hydrogens is 259 g/mol. The summed E-state index contributed by atoms with van der Waals surface area (Å²) in [4.78, 5) is 12.0. The fraction of sp³-hybridized carbons (Fsp3) is 0.286. The van der Waals surface area contributed by atoms with Gasteiger partial charge >= 0.3 is 0 Å². The van der Waals surface area contributed by atoms with Gasteiger partial charge in [-0.25, -0.2) is 4.39 Å². The number of nitrogens with zero attached hydrogens (tertiary/aromatic N) is 2. The first-order chi connectivity index (χ1) is 9.38. The standard InChI is InChI=1S/C14H17FN4O/c1-8-4-5-11(15)6-12(8)17-13(20)7-19-10(3)14(16)9(2)18-19/h4-6H,7,16H2,1-3H3,(H,17,20). The lowest BCUT2D eigenvalue weighted by molar-refractivity contribution is -0.116. The Kier molecular flexibility index (Phi) is 3.74. The number of benzene rings is 1. The van der Waals surface area contributed by atoms with Gasteiger partial charge in [0.05, 0.1) is 17.1 Å². The Balaban J connectivity index is 2.13. The quantitative estimate of drug-likeness (QED) is 0.902. The van der Waals surface area contributed by atoms with Crippen molar-refractivity contribution in [1.82, 2.24) is 9.78 Å². The van der Waals surface area contributed by atoms with Crippen molar-refractivity contribution in [2.24, 2.45) is 0 Å². The molecule has 2 rings (SSSR count). The van der Waals surface area contributed by atoms with Gasteiger partial charge in [0.15, 0.2) is 0 Å². The number of nitrogen functional groups attached to an aromatic ring is 1. The number of aryl methyl sites for hydroxylation is 2. The van der Waals surface area contributed by atoms with Crippen molar-refractivity contribution in [2.45, 2.75) is 27.3 Å². The number of carbonyl (C=O) groups is 1. The van der Waals surface area contributed by atoms with Gasteiger partial charge in [0.25, 0.3) is 0 Å². The van der Waals surface area contributed by atoms with Gasteiger partial charge in [-0.15, -0.1) is 0 Å². The second-order valence-corrected chi connectivity index (χ2v) is 4.75. The van der Waals surface area contributed by atoms with E-state index >= 15 is 0 Å². The van der Waals surface area contributed by atoms with Gasteiger partial charge in [-0.05, 0) is 38.5 Å². The van der Waals surface area contributed by atoms with Crippen molar-refractivity contribution in [1.29, 1.82) is 0 Å². The first-order valence-electron chi connectivity index (χ1n) is 6.24. The number of hydrogen-bond acceptors (Lipinski definition) is 3. The molecule has 2 aromatic rings. The molecule has 0 saturated carbocycles. The second-order valence-electron chi connectivity index (χ2n) is 4.75. The molecule has 0 aliphatic carbocycles. The molecule has 0 atom stereocenters. The molecule has 6 heteroatoms. The molecule has 1 aromatic heterocycles. The van der Waals surface area contributed by atoms with E-state index in [9.17, 15) is 9.18 Å². The molecule has 0 aliphatic heterocycles. The Hall–Kier alpha value is -2.37. The number of rotatable bonds is 3. The Bertz CT molecular complexity index is 663. The van der Waals surface area contributed by atoms with E-state index in [2.05, 4.69) is 10.4 Å². The summed E-state index contributed by atoms with van der Waals surface area (Å²) in [6.45, 7) is 5.43. The molecule has 1 amide bonds. The molecule has 1 heterocycles. The summed E-state index contributed by atoms with van der Waals surface area (Å²) in [5.41, 5.74) is 9.09. The highest BCUT2D eigenvalue weighted by Crippen LogP contribution is 2.17. The zero-order chi connectivity index (χ0) is 14.9. The minimum absolute atomic E-state index is 0.0415. The molecule has 0 bridgehead atoms. The van der Waals surface area contributed by atoms with Crippen LogP contribution in [0.2, 0.25) is 0 Å². The van der Waals surface area contributed by atoms with Crippen LogP contribution >= 0.6 is 0 Å². The number of anilines is 2. The van der Waals surface area contributed by atoms with Gasteiger partial charge in [0.1, 0.15) is 12.4 Å². The smallest absolute Gasteiger partial charge is 0.246 e. The molecule has 5 nitrogen and oxygen atoms in total. The predicted octanol–water partition coefficient (Wildman–Crippen LogP) is 2.17. The number of nitrogens with two attached hydrogens (primary N) is 1. The third-order valence-electron chi connectivity index (χ3n) is 3.20. The molecule has 0 aliphatic rings. The Morgan fingerprint density at radius 2 is 2.10 bits per heavy atom. The number of hydrogen-bond donors (Lipinski definition) is 2. The Morgan fingerprint density at radius 3 is 2.70 bits per heavy atom. The average Bonchev–Trinajstić information content (AvgIpc) is 2.61. The van der Waals surface area contributed by atoms with Crippen molar-refractivity contribution in [3.8, 4) is 0 Å². The van der Waals surface area contributed by atoms with Crippen LogP contribution in [0.5, 0.6) is 0 Å².